The average molecular weight is 342 g/mol. The largest absolute Gasteiger partial charge is 0.466 e. The maximum Gasteiger partial charge on any atom is 0.466 e. The van der Waals surface area contributed by atoms with Crippen LogP contribution in [0.3, 0.4) is 0 Å². The van der Waals surface area contributed by atoms with Crippen LogP contribution >= 0.6 is 20.2 Å². The summed E-state index contributed by atoms with van der Waals surface area (Å²) in [5.74, 6) is 0. The molecule has 0 aliphatic rings. The van der Waals surface area contributed by atoms with Crippen molar-refractivity contribution in [2.45, 2.75) is 0 Å². The molecule has 0 fully saturated rings. The van der Waals surface area contributed by atoms with E-state index in [-0.39, 0.29) is 39.7 Å². The Balaban J connectivity index is -0.0000000800. The van der Waals surface area contributed by atoms with Crippen LogP contribution in [0.2, 0.25) is 0 Å². The summed E-state index contributed by atoms with van der Waals surface area (Å²) in [6, 6.07) is 0. The molecule has 0 amide bonds. The summed E-state index contributed by atoms with van der Waals surface area (Å²) in [4.78, 5) is 21.6. The van der Waals surface area contributed by atoms with Gasteiger partial charge in [-0.2, -0.15) is 0 Å². The third kappa shape index (κ3) is 119. The van der Waals surface area contributed by atoms with E-state index in [1.807, 2.05) is 0 Å². The summed E-state index contributed by atoms with van der Waals surface area (Å²) in [6.45, 7) is 0. The van der Waals surface area contributed by atoms with Gasteiger partial charge < -0.3 is 14.7 Å². The average Bonchev–Trinajstić information content (AvgIpc) is 0.722. The van der Waals surface area contributed by atoms with Crippen LogP contribution in [0.25, 0.3) is 0 Å². The molecule has 0 aromatic rings. The van der Waals surface area contributed by atoms with E-state index in [0.29, 0.717) is 0 Å². The summed E-state index contributed by atoms with van der Waals surface area (Å²) in [7, 11) is -4.64. The van der Waals surface area contributed by atoms with Crippen LogP contribution in [-0.4, -0.2) is 42.0 Å². The molecule has 4 radical (unpaired) electrons. The van der Waals surface area contributed by atoms with Crippen LogP contribution in [0.1, 0.15) is 0 Å². The molecule has 7 heteroatoms. The Morgan fingerprint density at radius 2 is 1.14 bits per heavy atom. The SMILES string of the molecule is Cl.O=P(O)(O)O.[Pb]. The molecule has 0 heterocycles. The van der Waals surface area contributed by atoms with Gasteiger partial charge in [0, 0.05) is 27.3 Å². The molecular weight excluding hydrogens is 338 g/mol. The minimum Gasteiger partial charge on any atom is -0.303 e. The topological polar surface area (TPSA) is 77.8 Å². The fourth-order valence-corrected chi connectivity index (χ4v) is 0. The first kappa shape index (κ1) is 15.8. The van der Waals surface area contributed by atoms with E-state index in [2.05, 4.69) is 0 Å². The first-order chi connectivity index (χ1) is 2.00. The molecule has 0 atom stereocenters. The Bertz CT molecular complexity index is 57.8. The number of halogens is 1. The second kappa shape index (κ2) is 5.46. The minimum absolute atomic E-state index is 0. The van der Waals surface area contributed by atoms with Crippen LogP contribution in [0.5, 0.6) is 0 Å². The van der Waals surface area contributed by atoms with E-state index in [0.717, 1.165) is 0 Å². The van der Waals surface area contributed by atoms with E-state index < -0.39 is 7.82 Å². The molecule has 0 aliphatic carbocycles. The van der Waals surface area contributed by atoms with Crippen molar-refractivity contribution >= 4 is 47.5 Å². The Kier molecular flexibility index (Phi) is 12.3. The molecule has 44 valence electrons. The maximum atomic E-state index is 8.88. The quantitative estimate of drug-likeness (QED) is 0.395. The van der Waals surface area contributed by atoms with Gasteiger partial charge in [-0.1, -0.05) is 0 Å². The fraction of sp³-hybridized carbons (Fsp3) is 0. The van der Waals surface area contributed by atoms with E-state index >= 15 is 0 Å². The number of rotatable bonds is 0. The van der Waals surface area contributed by atoms with Crippen LogP contribution in [0, 0.1) is 0 Å². The Hall–Kier alpha value is 1.32. The van der Waals surface area contributed by atoms with E-state index in [9.17, 15) is 0 Å². The summed E-state index contributed by atoms with van der Waals surface area (Å²) in [5, 5.41) is 0. The third-order valence-electron chi connectivity index (χ3n) is 0. The minimum atomic E-state index is -4.64. The Morgan fingerprint density at radius 1 is 1.14 bits per heavy atom. The van der Waals surface area contributed by atoms with Gasteiger partial charge in [0.1, 0.15) is 0 Å². The zero-order valence-corrected chi connectivity index (χ0v) is 8.70. The second-order valence-corrected chi connectivity index (χ2v) is 1.54. The van der Waals surface area contributed by atoms with Crippen molar-refractivity contribution in [3.63, 3.8) is 0 Å². The van der Waals surface area contributed by atoms with Crippen molar-refractivity contribution in [1.82, 2.24) is 0 Å². The summed E-state index contributed by atoms with van der Waals surface area (Å²) in [6.07, 6.45) is 0. The first-order valence-corrected chi connectivity index (χ1v) is 2.35. The molecule has 0 saturated carbocycles. The van der Waals surface area contributed by atoms with Gasteiger partial charge in [-0.05, 0) is 0 Å². The van der Waals surface area contributed by atoms with E-state index in [1.54, 1.807) is 0 Å². The molecule has 0 aliphatic heterocycles. The Morgan fingerprint density at radius 3 is 1.14 bits per heavy atom. The molecule has 0 aromatic heterocycles. The van der Waals surface area contributed by atoms with Crippen LogP contribution < -0.4 is 0 Å². The van der Waals surface area contributed by atoms with Crippen molar-refractivity contribution in [2.24, 2.45) is 0 Å². The predicted molar refractivity (Wildman–Crippen MR) is 27.3 cm³/mol. The monoisotopic (exact) mass is 342 g/mol. The molecule has 0 aromatic carbocycles. The molecular formula is H4ClO4PPb. The number of phosphoric acid groups is 1. The van der Waals surface area contributed by atoms with Gasteiger partial charge in [0.05, 0.1) is 0 Å². The Labute approximate surface area is 66.7 Å². The smallest absolute Gasteiger partial charge is 0.303 e. The van der Waals surface area contributed by atoms with Gasteiger partial charge in [0.25, 0.3) is 0 Å². The van der Waals surface area contributed by atoms with Crippen molar-refractivity contribution in [3.8, 4) is 0 Å². The normalized spacial score (nSPS) is 8.43. The van der Waals surface area contributed by atoms with Crippen molar-refractivity contribution in [2.75, 3.05) is 0 Å². The van der Waals surface area contributed by atoms with Gasteiger partial charge in [-0.25, -0.2) is 4.57 Å². The van der Waals surface area contributed by atoms with Crippen LogP contribution in [0.15, 0.2) is 0 Å². The molecule has 7 heavy (non-hydrogen) atoms. The van der Waals surface area contributed by atoms with Crippen LogP contribution in [0.4, 0.5) is 0 Å². The van der Waals surface area contributed by atoms with Gasteiger partial charge in [0.15, 0.2) is 0 Å². The van der Waals surface area contributed by atoms with Crippen LogP contribution in [-0.2, 0) is 4.57 Å². The molecule has 3 N–H and O–H groups in total. The molecule has 4 nitrogen and oxygen atoms in total. The van der Waals surface area contributed by atoms with Crippen molar-refractivity contribution < 1.29 is 19.2 Å². The molecule has 0 unspecified atom stereocenters. The number of hydrogen-bond acceptors (Lipinski definition) is 1. The number of hydrogen-bond donors (Lipinski definition) is 3. The molecule has 0 rings (SSSR count). The third-order valence-corrected chi connectivity index (χ3v) is 0. The van der Waals surface area contributed by atoms with Gasteiger partial charge in [-0.15, -0.1) is 12.4 Å². The first-order valence-electron chi connectivity index (χ1n) is 0.783. The standard InChI is InChI=1S/ClH.H3O4P.Pb/c;1-5(2,3)4;/h1H;(H3,1,2,3,4);. The molecule has 0 bridgehead atoms. The predicted octanol–water partition coefficient (Wildman–Crippen LogP) is -0.888. The van der Waals surface area contributed by atoms with Crippen molar-refractivity contribution in [1.29, 1.82) is 0 Å². The molecule has 0 spiro atoms. The summed E-state index contributed by atoms with van der Waals surface area (Å²) >= 11 is 0. The van der Waals surface area contributed by atoms with E-state index in [1.165, 1.54) is 0 Å². The zero-order chi connectivity index (χ0) is 4.50. The second-order valence-electron chi connectivity index (χ2n) is 0.513. The van der Waals surface area contributed by atoms with Gasteiger partial charge in [-0.3, -0.25) is 0 Å². The zero-order valence-electron chi connectivity index (χ0n) is 3.11. The van der Waals surface area contributed by atoms with Gasteiger partial charge in [0.2, 0.25) is 0 Å². The van der Waals surface area contributed by atoms with Gasteiger partial charge >= 0.3 is 7.82 Å². The van der Waals surface area contributed by atoms with E-state index in [4.69, 9.17) is 19.2 Å². The molecule has 0 saturated heterocycles. The van der Waals surface area contributed by atoms with Crippen molar-refractivity contribution in [3.05, 3.63) is 0 Å². The maximum absolute atomic E-state index is 8.88. The summed E-state index contributed by atoms with van der Waals surface area (Å²) < 4.78 is 8.88. The summed E-state index contributed by atoms with van der Waals surface area (Å²) in [5.41, 5.74) is 0. The fourth-order valence-electron chi connectivity index (χ4n) is 0.